The molecule has 1 aromatic carbocycles. The highest BCUT2D eigenvalue weighted by molar-refractivity contribution is 7.11. The number of benzene rings is 1. The van der Waals surface area contributed by atoms with Gasteiger partial charge in [0.15, 0.2) is 0 Å². The lowest BCUT2D eigenvalue weighted by atomic mass is 10.1. The van der Waals surface area contributed by atoms with Crippen molar-refractivity contribution in [1.82, 2.24) is 4.98 Å². The monoisotopic (exact) mass is 294 g/mol. The number of thiazole rings is 1. The first-order valence-electron chi connectivity index (χ1n) is 6.47. The highest BCUT2D eigenvalue weighted by Crippen LogP contribution is 2.30. The molecule has 0 saturated carbocycles. The molecule has 0 bridgehead atoms. The van der Waals surface area contributed by atoms with Crippen LogP contribution in [0.5, 0.6) is 0 Å². The van der Waals surface area contributed by atoms with Crippen LogP contribution in [0.25, 0.3) is 0 Å². The Balaban J connectivity index is 2.28. The average Bonchev–Trinajstić information content (AvgIpc) is 2.73. The molecule has 0 saturated heterocycles. The minimum Gasteiger partial charge on any atom is -0.323 e. The third-order valence-corrected chi connectivity index (χ3v) is 4.44. The Morgan fingerprint density at radius 2 is 2.05 bits per heavy atom. The Labute approximate surface area is 123 Å². The van der Waals surface area contributed by atoms with E-state index in [9.17, 15) is 0 Å². The number of aromatic nitrogens is 1. The number of rotatable bonds is 4. The SMILES string of the molecule is CC(C)c1nc(Cc2cccc(Cl)c2)sc1C(C)N. The van der Waals surface area contributed by atoms with Gasteiger partial charge in [-0.2, -0.15) is 0 Å². The minimum absolute atomic E-state index is 0.0445. The van der Waals surface area contributed by atoms with Gasteiger partial charge in [0.25, 0.3) is 0 Å². The molecule has 1 heterocycles. The van der Waals surface area contributed by atoms with Gasteiger partial charge in [-0.3, -0.25) is 0 Å². The van der Waals surface area contributed by atoms with Crippen LogP contribution < -0.4 is 5.73 Å². The van der Waals surface area contributed by atoms with Crippen molar-refractivity contribution in [2.75, 3.05) is 0 Å². The summed E-state index contributed by atoms with van der Waals surface area (Å²) in [4.78, 5) is 5.95. The van der Waals surface area contributed by atoms with Gasteiger partial charge in [-0.25, -0.2) is 4.98 Å². The van der Waals surface area contributed by atoms with E-state index in [2.05, 4.69) is 19.9 Å². The molecule has 4 heteroatoms. The average molecular weight is 295 g/mol. The number of hydrogen-bond donors (Lipinski definition) is 1. The summed E-state index contributed by atoms with van der Waals surface area (Å²) in [5.74, 6) is 0.408. The molecule has 2 N–H and O–H groups in total. The lowest BCUT2D eigenvalue weighted by Gasteiger charge is -2.07. The quantitative estimate of drug-likeness (QED) is 0.900. The Morgan fingerprint density at radius 3 is 2.58 bits per heavy atom. The fourth-order valence-corrected chi connectivity index (χ4v) is 3.45. The van der Waals surface area contributed by atoms with Crippen molar-refractivity contribution in [1.29, 1.82) is 0 Å². The zero-order valence-electron chi connectivity index (χ0n) is 11.5. The molecular formula is C15H19ClN2S. The van der Waals surface area contributed by atoms with Crippen LogP contribution in [-0.2, 0) is 6.42 Å². The van der Waals surface area contributed by atoms with E-state index in [1.54, 1.807) is 11.3 Å². The molecule has 1 aromatic heterocycles. The van der Waals surface area contributed by atoms with Crippen molar-refractivity contribution < 1.29 is 0 Å². The van der Waals surface area contributed by atoms with Crippen LogP contribution in [0.3, 0.4) is 0 Å². The molecule has 2 nitrogen and oxygen atoms in total. The van der Waals surface area contributed by atoms with Crippen molar-refractivity contribution in [3.63, 3.8) is 0 Å². The van der Waals surface area contributed by atoms with Crippen molar-refractivity contribution in [3.8, 4) is 0 Å². The maximum Gasteiger partial charge on any atom is 0.0975 e. The van der Waals surface area contributed by atoms with Crippen LogP contribution in [0, 0.1) is 0 Å². The summed E-state index contributed by atoms with van der Waals surface area (Å²) < 4.78 is 0. The fraction of sp³-hybridized carbons (Fsp3) is 0.400. The highest BCUT2D eigenvalue weighted by atomic mass is 35.5. The molecule has 0 aliphatic carbocycles. The largest absolute Gasteiger partial charge is 0.323 e. The van der Waals surface area contributed by atoms with Gasteiger partial charge in [-0.05, 0) is 30.5 Å². The molecule has 2 rings (SSSR count). The molecule has 2 aromatic rings. The molecule has 0 amide bonds. The van der Waals surface area contributed by atoms with Gasteiger partial charge in [0.1, 0.15) is 0 Å². The van der Waals surface area contributed by atoms with E-state index in [1.165, 1.54) is 10.4 Å². The van der Waals surface area contributed by atoms with Crippen LogP contribution >= 0.6 is 22.9 Å². The Bertz CT molecular complexity index is 536. The molecule has 0 fully saturated rings. The first kappa shape index (κ1) is 14.5. The molecule has 1 unspecified atom stereocenters. The molecule has 0 spiro atoms. The number of nitrogens with two attached hydrogens (primary N) is 1. The van der Waals surface area contributed by atoms with E-state index in [1.807, 2.05) is 25.1 Å². The van der Waals surface area contributed by atoms with Crippen molar-refractivity contribution in [2.45, 2.75) is 39.2 Å². The van der Waals surface area contributed by atoms with Crippen LogP contribution in [0.15, 0.2) is 24.3 Å². The first-order valence-corrected chi connectivity index (χ1v) is 7.66. The lowest BCUT2D eigenvalue weighted by molar-refractivity contribution is 0.759. The summed E-state index contributed by atoms with van der Waals surface area (Å²) in [6.07, 6.45) is 0.817. The smallest absolute Gasteiger partial charge is 0.0975 e. The topological polar surface area (TPSA) is 38.9 Å². The van der Waals surface area contributed by atoms with Crippen molar-refractivity contribution >= 4 is 22.9 Å². The van der Waals surface area contributed by atoms with Gasteiger partial charge in [0.05, 0.1) is 10.7 Å². The Kier molecular flexibility index (Phi) is 4.61. The van der Waals surface area contributed by atoms with Crippen LogP contribution in [0.1, 0.15) is 53.9 Å². The molecular weight excluding hydrogens is 276 g/mol. The predicted octanol–water partition coefficient (Wildman–Crippen LogP) is 4.53. The van der Waals surface area contributed by atoms with Crippen LogP contribution in [0.4, 0.5) is 0 Å². The first-order chi connectivity index (χ1) is 8.97. The van der Waals surface area contributed by atoms with Crippen molar-refractivity contribution in [3.05, 3.63) is 50.4 Å². The standard InChI is InChI=1S/C15H19ClN2S/c1-9(2)14-15(10(3)17)19-13(18-14)8-11-5-4-6-12(16)7-11/h4-7,9-10H,8,17H2,1-3H3. The summed E-state index contributed by atoms with van der Waals surface area (Å²) >= 11 is 7.73. The summed E-state index contributed by atoms with van der Waals surface area (Å²) in [7, 11) is 0. The van der Waals surface area contributed by atoms with Gasteiger partial charge in [-0.1, -0.05) is 37.6 Å². The fourth-order valence-electron chi connectivity index (χ4n) is 2.03. The van der Waals surface area contributed by atoms with E-state index < -0.39 is 0 Å². The van der Waals surface area contributed by atoms with E-state index >= 15 is 0 Å². The van der Waals surface area contributed by atoms with Gasteiger partial charge in [0.2, 0.25) is 0 Å². The third-order valence-electron chi connectivity index (χ3n) is 2.93. The summed E-state index contributed by atoms with van der Waals surface area (Å²) in [5.41, 5.74) is 8.36. The van der Waals surface area contributed by atoms with Gasteiger partial charge in [0, 0.05) is 22.4 Å². The molecule has 1 atom stereocenters. The van der Waals surface area contributed by atoms with E-state index in [-0.39, 0.29) is 6.04 Å². The van der Waals surface area contributed by atoms with E-state index in [0.29, 0.717) is 5.92 Å². The van der Waals surface area contributed by atoms with E-state index in [4.69, 9.17) is 22.3 Å². The lowest BCUT2D eigenvalue weighted by Crippen LogP contribution is -2.06. The Hall–Kier alpha value is -0.900. The summed E-state index contributed by atoms with van der Waals surface area (Å²) in [6.45, 7) is 6.33. The predicted molar refractivity (Wildman–Crippen MR) is 83.1 cm³/mol. The summed E-state index contributed by atoms with van der Waals surface area (Å²) in [6, 6.07) is 7.97. The maximum atomic E-state index is 6.03. The van der Waals surface area contributed by atoms with E-state index in [0.717, 1.165) is 22.1 Å². The van der Waals surface area contributed by atoms with Crippen LogP contribution in [0.2, 0.25) is 5.02 Å². The second-order valence-electron chi connectivity index (χ2n) is 5.11. The second-order valence-corrected chi connectivity index (χ2v) is 6.66. The van der Waals surface area contributed by atoms with Gasteiger partial charge < -0.3 is 5.73 Å². The summed E-state index contributed by atoms with van der Waals surface area (Å²) in [5, 5.41) is 1.88. The number of nitrogens with zero attached hydrogens (tertiary/aromatic N) is 1. The minimum atomic E-state index is 0.0445. The molecule has 0 aliphatic heterocycles. The number of hydrogen-bond acceptors (Lipinski definition) is 3. The normalized spacial score (nSPS) is 12.9. The zero-order valence-corrected chi connectivity index (χ0v) is 13.1. The highest BCUT2D eigenvalue weighted by Gasteiger charge is 2.17. The second kappa shape index (κ2) is 6.04. The zero-order chi connectivity index (χ0) is 14.0. The molecule has 19 heavy (non-hydrogen) atoms. The molecule has 0 aliphatic rings. The molecule has 0 radical (unpaired) electrons. The van der Waals surface area contributed by atoms with Crippen molar-refractivity contribution in [2.24, 2.45) is 5.73 Å². The Morgan fingerprint density at radius 1 is 1.32 bits per heavy atom. The van der Waals surface area contributed by atoms with Gasteiger partial charge >= 0.3 is 0 Å². The molecule has 102 valence electrons. The maximum absolute atomic E-state index is 6.03. The van der Waals surface area contributed by atoms with Crippen LogP contribution in [-0.4, -0.2) is 4.98 Å². The van der Waals surface area contributed by atoms with Gasteiger partial charge in [-0.15, -0.1) is 11.3 Å². The third kappa shape index (κ3) is 3.56. The number of halogens is 1.